The Kier molecular flexibility index (Phi) is 17.0. The van der Waals surface area contributed by atoms with Crippen LogP contribution in [0.2, 0.25) is 0 Å². The lowest BCUT2D eigenvalue weighted by molar-refractivity contribution is -0.151. The average Bonchev–Trinajstić information content (AvgIpc) is 3.11. The van der Waals surface area contributed by atoms with E-state index >= 15 is 0 Å². The molecule has 3 amide bonds. The van der Waals surface area contributed by atoms with Crippen molar-refractivity contribution < 1.29 is 33.4 Å². The van der Waals surface area contributed by atoms with Crippen LogP contribution in [-0.2, 0) is 35.0 Å². The van der Waals surface area contributed by atoms with Crippen molar-refractivity contribution in [1.29, 1.82) is 0 Å². The molecule has 3 rings (SSSR count). The molecular weight excluding hydrogens is 670 g/mol. The summed E-state index contributed by atoms with van der Waals surface area (Å²) in [7, 11) is 1.44. The predicted molar refractivity (Wildman–Crippen MR) is 199 cm³/mol. The molecule has 1 aliphatic rings. The van der Waals surface area contributed by atoms with E-state index in [-0.39, 0.29) is 24.2 Å². The number of para-hydroxylation sites is 1. The molecule has 4 atom stereocenters. The molecule has 0 fully saturated rings. The number of benzene rings is 2. The van der Waals surface area contributed by atoms with Crippen LogP contribution in [0, 0.1) is 5.92 Å². The van der Waals surface area contributed by atoms with Crippen molar-refractivity contribution in [1.82, 2.24) is 10.6 Å². The molecule has 2 aromatic rings. The van der Waals surface area contributed by atoms with Crippen LogP contribution in [0.4, 0.5) is 10.5 Å². The summed E-state index contributed by atoms with van der Waals surface area (Å²) >= 11 is 6.01. The standard InChI is InChI=1S/C40H46ClN3O7/c1-28(26-29(2)35-23-24-36(49-4)39(47)51-35)14-11-12-20-37(45)44-34(27-31-15-7-5-8-16-31)38(46)42-25-13-19-33(22-21-30(3)41)50-40(48)43-32-17-9-6-10-18-32/h5-18,20-21,24-26,29,33-35H,19,22-23,27H2,1-4H3,(H,42,46)(H,43,48)(H,44,45)/b14-11-,20-12-,25-13-,28-26+,30-21+/t29-,33+,34-,35-/m0/s1. The van der Waals surface area contributed by atoms with E-state index in [1.807, 2.05) is 62.4 Å². The van der Waals surface area contributed by atoms with Gasteiger partial charge < -0.3 is 24.8 Å². The highest BCUT2D eigenvalue weighted by Gasteiger charge is 2.27. The summed E-state index contributed by atoms with van der Waals surface area (Å²) in [5, 5.41) is 8.79. The Hall–Kier alpha value is -5.35. The fraction of sp³-hybridized carbons (Fsp3) is 0.300. The SMILES string of the molecule is COC1=CC[C@@H]([C@@H](C)/C=C(C)/C=C\C=C/C(=O)N[C@@H](Cc2ccccc2)C(=O)N/C=C\C[C@H](C/C=C(\C)Cl)OC(=O)Nc2ccccc2)OC1=O. The average molecular weight is 716 g/mol. The number of esters is 1. The summed E-state index contributed by atoms with van der Waals surface area (Å²) < 4.78 is 16.1. The number of allylic oxidation sites excluding steroid dienone is 5. The van der Waals surface area contributed by atoms with E-state index in [9.17, 15) is 19.2 Å². The number of cyclic esters (lactones) is 1. The molecule has 1 aliphatic heterocycles. The molecule has 51 heavy (non-hydrogen) atoms. The summed E-state index contributed by atoms with van der Waals surface area (Å²) in [6.45, 7) is 5.62. The molecule has 2 aromatic carbocycles. The van der Waals surface area contributed by atoms with Gasteiger partial charge in [0.05, 0.1) is 7.11 Å². The molecular formula is C40H46ClN3O7. The Labute approximate surface area is 305 Å². The maximum absolute atomic E-state index is 13.2. The number of hydrogen-bond donors (Lipinski definition) is 3. The van der Waals surface area contributed by atoms with Crippen molar-refractivity contribution in [2.45, 2.75) is 64.7 Å². The predicted octanol–water partition coefficient (Wildman–Crippen LogP) is 7.42. The van der Waals surface area contributed by atoms with Gasteiger partial charge in [0.25, 0.3) is 0 Å². The van der Waals surface area contributed by atoms with Crippen LogP contribution in [0.5, 0.6) is 0 Å². The molecule has 0 saturated heterocycles. The molecule has 0 radical (unpaired) electrons. The molecule has 10 nitrogen and oxygen atoms in total. The highest BCUT2D eigenvalue weighted by Crippen LogP contribution is 2.22. The van der Waals surface area contributed by atoms with E-state index in [2.05, 4.69) is 16.0 Å². The fourth-order valence-electron chi connectivity index (χ4n) is 5.01. The molecule has 0 aliphatic carbocycles. The molecule has 0 bridgehead atoms. The van der Waals surface area contributed by atoms with E-state index in [1.54, 1.807) is 61.6 Å². The number of amides is 3. The summed E-state index contributed by atoms with van der Waals surface area (Å²) in [6.07, 6.45) is 15.2. The second kappa shape index (κ2) is 21.7. The number of halogens is 1. The van der Waals surface area contributed by atoms with Gasteiger partial charge in [0, 0.05) is 48.4 Å². The molecule has 3 N–H and O–H groups in total. The third-order valence-corrected chi connectivity index (χ3v) is 7.81. The molecule has 11 heteroatoms. The van der Waals surface area contributed by atoms with Gasteiger partial charge >= 0.3 is 12.1 Å². The van der Waals surface area contributed by atoms with Crippen molar-refractivity contribution in [3.63, 3.8) is 0 Å². The lowest BCUT2D eigenvalue weighted by Crippen LogP contribution is -2.46. The van der Waals surface area contributed by atoms with Gasteiger partial charge in [0.1, 0.15) is 18.2 Å². The van der Waals surface area contributed by atoms with Gasteiger partial charge in [0.2, 0.25) is 11.8 Å². The number of methoxy groups -OCH3 is 1. The first kappa shape index (κ1) is 40.1. The monoisotopic (exact) mass is 715 g/mol. The minimum atomic E-state index is -0.864. The van der Waals surface area contributed by atoms with E-state index in [0.29, 0.717) is 30.0 Å². The summed E-state index contributed by atoms with van der Waals surface area (Å²) in [4.78, 5) is 50.6. The van der Waals surface area contributed by atoms with Gasteiger partial charge in [-0.3, -0.25) is 14.9 Å². The van der Waals surface area contributed by atoms with E-state index < -0.39 is 36.0 Å². The van der Waals surface area contributed by atoms with Crippen molar-refractivity contribution in [3.05, 3.63) is 137 Å². The molecule has 0 spiro atoms. The van der Waals surface area contributed by atoms with Gasteiger partial charge in [-0.25, -0.2) is 9.59 Å². The van der Waals surface area contributed by atoms with Crippen LogP contribution in [0.15, 0.2) is 132 Å². The first-order valence-corrected chi connectivity index (χ1v) is 17.0. The lowest BCUT2D eigenvalue weighted by atomic mass is 9.97. The number of carbonyl (C=O) groups excluding carboxylic acids is 4. The third kappa shape index (κ3) is 15.4. The molecule has 270 valence electrons. The van der Waals surface area contributed by atoms with Crippen molar-refractivity contribution in [2.24, 2.45) is 5.92 Å². The number of ether oxygens (including phenoxy) is 3. The van der Waals surface area contributed by atoms with Crippen LogP contribution >= 0.6 is 11.6 Å². The second-order valence-electron chi connectivity index (χ2n) is 11.9. The highest BCUT2D eigenvalue weighted by molar-refractivity contribution is 6.29. The Balaban J connectivity index is 1.57. The lowest BCUT2D eigenvalue weighted by Gasteiger charge is -2.25. The van der Waals surface area contributed by atoms with Gasteiger partial charge in [-0.2, -0.15) is 0 Å². The quantitative estimate of drug-likeness (QED) is 0.0882. The normalized spacial score (nSPS) is 17.0. The zero-order chi connectivity index (χ0) is 37.0. The van der Waals surface area contributed by atoms with Gasteiger partial charge in [0.15, 0.2) is 5.76 Å². The highest BCUT2D eigenvalue weighted by atomic mass is 35.5. The Bertz CT molecular complexity index is 1640. The van der Waals surface area contributed by atoms with Gasteiger partial charge in [-0.15, -0.1) is 0 Å². The van der Waals surface area contributed by atoms with Crippen LogP contribution in [0.3, 0.4) is 0 Å². The van der Waals surface area contributed by atoms with Crippen LogP contribution in [-0.4, -0.2) is 49.2 Å². The fourth-order valence-corrected chi connectivity index (χ4v) is 5.10. The van der Waals surface area contributed by atoms with Crippen LogP contribution in [0.25, 0.3) is 0 Å². The maximum atomic E-state index is 13.2. The summed E-state index contributed by atoms with van der Waals surface area (Å²) in [5.41, 5.74) is 2.41. The van der Waals surface area contributed by atoms with E-state index in [4.69, 9.17) is 25.8 Å². The Morgan fingerprint density at radius 2 is 1.69 bits per heavy atom. The summed E-state index contributed by atoms with van der Waals surface area (Å²) in [5.74, 6) is -1.13. The molecule has 1 heterocycles. The number of rotatable bonds is 17. The first-order valence-electron chi connectivity index (χ1n) is 16.7. The van der Waals surface area contributed by atoms with Gasteiger partial charge in [-0.1, -0.05) is 109 Å². The number of nitrogens with one attached hydrogen (secondary N) is 3. The number of carbonyl (C=O) groups is 4. The third-order valence-electron chi connectivity index (χ3n) is 7.66. The minimum absolute atomic E-state index is 0.0314. The van der Waals surface area contributed by atoms with Crippen LogP contribution in [0.1, 0.15) is 45.6 Å². The van der Waals surface area contributed by atoms with Gasteiger partial charge in [-0.05, 0) is 43.8 Å². The number of anilines is 1. The number of hydrogen-bond acceptors (Lipinski definition) is 7. The second-order valence-corrected chi connectivity index (χ2v) is 12.5. The van der Waals surface area contributed by atoms with Crippen molar-refractivity contribution in [2.75, 3.05) is 12.4 Å². The largest absolute Gasteiger partial charge is 0.490 e. The van der Waals surface area contributed by atoms with Crippen LogP contribution < -0.4 is 16.0 Å². The van der Waals surface area contributed by atoms with Crippen molar-refractivity contribution >= 4 is 41.2 Å². The Morgan fingerprint density at radius 1 is 1.00 bits per heavy atom. The summed E-state index contributed by atoms with van der Waals surface area (Å²) in [6, 6.07) is 17.5. The molecule has 0 saturated carbocycles. The molecule has 0 unspecified atom stereocenters. The maximum Gasteiger partial charge on any atom is 0.411 e. The van der Waals surface area contributed by atoms with Crippen molar-refractivity contribution in [3.8, 4) is 0 Å². The van der Waals surface area contributed by atoms with E-state index in [0.717, 1.165) is 11.1 Å². The topological polar surface area (TPSA) is 132 Å². The zero-order valence-electron chi connectivity index (χ0n) is 29.3. The molecule has 0 aromatic heterocycles. The Morgan fingerprint density at radius 3 is 2.35 bits per heavy atom. The smallest absolute Gasteiger partial charge is 0.411 e. The van der Waals surface area contributed by atoms with E-state index in [1.165, 1.54) is 19.4 Å². The minimum Gasteiger partial charge on any atom is -0.490 e. The first-order chi connectivity index (χ1) is 24.5. The zero-order valence-corrected chi connectivity index (χ0v) is 30.1.